The maximum Gasteiger partial charge on any atom is 0.182 e. The highest BCUT2D eigenvalue weighted by Gasteiger charge is 2.28. The normalized spacial score (nSPS) is 14.0. The lowest BCUT2D eigenvalue weighted by atomic mass is 10.4. The SMILES string of the molecule is CCCN(CCPC(CC)(OC)OC)CCPC(CC)(OC)OC. The number of ether oxygens (including phenoxy) is 4. The maximum absolute atomic E-state index is 5.59. The molecule has 2 atom stereocenters. The molecule has 7 heteroatoms. The van der Waals surface area contributed by atoms with Gasteiger partial charge < -0.3 is 23.8 Å². The summed E-state index contributed by atoms with van der Waals surface area (Å²) in [6.07, 6.45) is 5.15. The molecule has 0 N–H and O–H groups in total. The number of nitrogens with zero attached hydrogens (tertiary/aromatic N) is 1. The van der Waals surface area contributed by atoms with Gasteiger partial charge in [-0.15, -0.1) is 0 Å². The Hall–Kier alpha value is 0.660. The predicted octanol–water partition coefficient (Wildman–Crippen LogP) is 3.77. The molecule has 2 unspecified atom stereocenters. The highest BCUT2D eigenvalue weighted by Crippen LogP contribution is 2.37. The number of methoxy groups -OCH3 is 4. The monoisotopic (exact) mass is 383 g/mol. The highest BCUT2D eigenvalue weighted by atomic mass is 31.1. The first-order valence-electron chi connectivity index (χ1n) is 8.93. The second kappa shape index (κ2) is 13.8. The summed E-state index contributed by atoms with van der Waals surface area (Å²) in [5.41, 5.74) is -0.799. The topological polar surface area (TPSA) is 40.2 Å². The molecule has 0 rings (SSSR count). The molecule has 0 saturated heterocycles. The van der Waals surface area contributed by atoms with Crippen molar-refractivity contribution in [3.05, 3.63) is 0 Å². The zero-order chi connectivity index (χ0) is 18.5. The Labute approximate surface area is 153 Å². The lowest BCUT2D eigenvalue weighted by molar-refractivity contribution is -0.138. The molecule has 0 aliphatic rings. The zero-order valence-electron chi connectivity index (χ0n) is 16.7. The minimum atomic E-state index is -0.400. The van der Waals surface area contributed by atoms with Gasteiger partial charge in [0.25, 0.3) is 0 Å². The number of hydrogen-bond donors (Lipinski definition) is 0. The van der Waals surface area contributed by atoms with Crippen LogP contribution in [-0.4, -0.2) is 76.4 Å². The van der Waals surface area contributed by atoms with Crippen LogP contribution in [0.1, 0.15) is 40.0 Å². The molecule has 0 amide bonds. The Morgan fingerprint density at radius 1 is 0.667 bits per heavy atom. The second-order valence-electron chi connectivity index (χ2n) is 5.72. The fraction of sp³-hybridized carbons (Fsp3) is 1.00. The van der Waals surface area contributed by atoms with Crippen molar-refractivity contribution in [3.63, 3.8) is 0 Å². The third-order valence-corrected chi connectivity index (χ3v) is 7.98. The van der Waals surface area contributed by atoms with Gasteiger partial charge in [-0.25, -0.2) is 0 Å². The van der Waals surface area contributed by atoms with Gasteiger partial charge in [-0.2, -0.15) is 0 Å². The third-order valence-electron chi connectivity index (χ3n) is 4.43. The fourth-order valence-electron chi connectivity index (χ4n) is 2.74. The first kappa shape index (κ1) is 24.7. The predicted molar refractivity (Wildman–Crippen MR) is 107 cm³/mol. The van der Waals surface area contributed by atoms with Crippen LogP contribution in [0.15, 0.2) is 0 Å². The zero-order valence-corrected chi connectivity index (χ0v) is 18.7. The van der Waals surface area contributed by atoms with E-state index >= 15 is 0 Å². The van der Waals surface area contributed by atoms with Crippen LogP contribution in [0.3, 0.4) is 0 Å². The van der Waals surface area contributed by atoms with Crippen molar-refractivity contribution in [1.29, 1.82) is 0 Å². The minimum absolute atomic E-state index is 0.400. The Kier molecular flexibility index (Phi) is 14.2. The maximum atomic E-state index is 5.59. The molecule has 146 valence electrons. The molecule has 0 bridgehead atoms. The van der Waals surface area contributed by atoms with Gasteiger partial charge in [0.15, 0.2) is 11.1 Å². The van der Waals surface area contributed by atoms with Crippen molar-refractivity contribution >= 4 is 17.2 Å². The van der Waals surface area contributed by atoms with Gasteiger partial charge >= 0.3 is 0 Å². The summed E-state index contributed by atoms with van der Waals surface area (Å²) in [6.45, 7) is 9.77. The summed E-state index contributed by atoms with van der Waals surface area (Å²) in [5, 5.41) is 0. The molecule has 0 aromatic carbocycles. The van der Waals surface area contributed by atoms with Crippen LogP contribution in [0.2, 0.25) is 0 Å². The summed E-state index contributed by atoms with van der Waals surface area (Å²) in [7, 11) is 8.27. The molecule has 0 aromatic heterocycles. The van der Waals surface area contributed by atoms with E-state index in [1.165, 1.54) is 6.42 Å². The summed E-state index contributed by atoms with van der Waals surface area (Å²) < 4.78 is 22.3. The Morgan fingerprint density at radius 3 is 1.29 bits per heavy atom. The number of hydrogen-bond acceptors (Lipinski definition) is 5. The van der Waals surface area contributed by atoms with Crippen LogP contribution in [0.25, 0.3) is 0 Å². The van der Waals surface area contributed by atoms with Crippen LogP contribution in [0.4, 0.5) is 0 Å². The summed E-state index contributed by atoms with van der Waals surface area (Å²) >= 11 is 0. The van der Waals surface area contributed by atoms with Crippen molar-refractivity contribution in [2.45, 2.75) is 51.1 Å². The fourth-order valence-corrected chi connectivity index (χ4v) is 5.44. The molecule has 0 heterocycles. The largest absolute Gasteiger partial charge is 0.350 e. The molecule has 0 saturated carbocycles. The van der Waals surface area contributed by atoms with Crippen LogP contribution in [-0.2, 0) is 18.9 Å². The van der Waals surface area contributed by atoms with Crippen LogP contribution in [0, 0.1) is 0 Å². The van der Waals surface area contributed by atoms with Crippen molar-refractivity contribution in [2.75, 3.05) is 60.4 Å². The van der Waals surface area contributed by atoms with E-state index in [4.69, 9.17) is 18.9 Å². The van der Waals surface area contributed by atoms with E-state index < -0.39 is 11.1 Å². The van der Waals surface area contributed by atoms with Crippen LogP contribution < -0.4 is 0 Å². The van der Waals surface area contributed by atoms with E-state index in [1.54, 1.807) is 28.4 Å². The molecular weight excluding hydrogens is 344 g/mol. The van der Waals surface area contributed by atoms with Gasteiger partial charge in [-0.3, -0.25) is 0 Å². The van der Waals surface area contributed by atoms with E-state index in [0.717, 1.165) is 44.8 Å². The molecule has 5 nitrogen and oxygen atoms in total. The average molecular weight is 383 g/mol. The smallest absolute Gasteiger partial charge is 0.182 e. The van der Waals surface area contributed by atoms with Gasteiger partial charge in [0.1, 0.15) is 0 Å². The van der Waals surface area contributed by atoms with Crippen LogP contribution >= 0.6 is 17.2 Å². The molecule has 0 fully saturated rings. The second-order valence-corrected chi connectivity index (χ2v) is 8.96. The lowest BCUT2D eigenvalue weighted by Gasteiger charge is -2.32. The number of rotatable bonds is 16. The Morgan fingerprint density at radius 2 is 1.04 bits per heavy atom. The van der Waals surface area contributed by atoms with Crippen molar-refractivity contribution < 1.29 is 18.9 Å². The summed E-state index contributed by atoms with van der Waals surface area (Å²) in [6, 6.07) is 0. The first-order valence-corrected chi connectivity index (χ1v) is 11.3. The minimum Gasteiger partial charge on any atom is -0.350 e. The van der Waals surface area contributed by atoms with Gasteiger partial charge in [0.2, 0.25) is 0 Å². The third kappa shape index (κ3) is 8.36. The molecule has 0 spiro atoms. The molecular formula is C17H39NO4P2. The van der Waals surface area contributed by atoms with Gasteiger partial charge in [0.05, 0.1) is 0 Å². The lowest BCUT2D eigenvalue weighted by Crippen LogP contribution is -2.34. The molecule has 24 heavy (non-hydrogen) atoms. The van der Waals surface area contributed by atoms with Gasteiger partial charge in [-0.05, 0) is 25.3 Å². The molecule has 0 radical (unpaired) electrons. The first-order chi connectivity index (χ1) is 11.5. The average Bonchev–Trinajstić information content (AvgIpc) is 2.63. The summed E-state index contributed by atoms with van der Waals surface area (Å²) in [4.78, 5) is 2.54. The molecule has 0 aliphatic carbocycles. The van der Waals surface area contributed by atoms with Crippen molar-refractivity contribution in [3.8, 4) is 0 Å². The van der Waals surface area contributed by atoms with E-state index in [0.29, 0.717) is 17.2 Å². The molecule has 0 aliphatic heterocycles. The van der Waals surface area contributed by atoms with E-state index in [2.05, 4.69) is 25.7 Å². The van der Waals surface area contributed by atoms with Crippen LogP contribution in [0.5, 0.6) is 0 Å². The van der Waals surface area contributed by atoms with Crippen molar-refractivity contribution in [1.82, 2.24) is 4.90 Å². The quantitative estimate of drug-likeness (QED) is 0.300. The summed E-state index contributed by atoms with van der Waals surface area (Å²) in [5.74, 6) is 0. The van der Waals surface area contributed by atoms with E-state index in [-0.39, 0.29) is 0 Å². The standard InChI is InChI=1S/C17H39NO4P2/c1-8-11-18(12-14-23-16(9-2,19-4)20-5)13-15-24-17(10-3,21-6)22-7/h23-24H,8-15H2,1-7H3. The van der Waals surface area contributed by atoms with Gasteiger partial charge in [0, 0.05) is 54.4 Å². The van der Waals surface area contributed by atoms with E-state index in [9.17, 15) is 0 Å². The van der Waals surface area contributed by atoms with Gasteiger partial charge in [-0.1, -0.05) is 37.9 Å². The Balaban J connectivity index is 4.35. The van der Waals surface area contributed by atoms with E-state index in [1.807, 2.05) is 0 Å². The highest BCUT2D eigenvalue weighted by molar-refractivity contribution is 7.39. The molecule has 0 aromatic rings. The Bertz CT molecular complexity index is 258. The van der Waals surface area contributed by atoms with Crippen molar-refractivity contribution in [2.24, 2.45) is 0 Å².